The van der Waals surface area contributed by atoms with E-state index in [9.17, 15) is 19.2 Å². The molecule has 1 aromatic carbocycles. The Balaban J connectivity index is 2.70. The van der Waals surface area contributed by atoms with Crippen molar-refractivity contribution < 1.29 is 24.3 Å². The number of carbonyl (C=O) groups is 4. The Morgan fingerprint density at radius 2 is 1.75 bits per heavy atom. The highest BCUT2D eigenvalue weighted by molar-refractivity contribution is 7.98. The second kappa shape index (κ2) is 12.7. The Hall–Kier alpha value is -2.59. The molecular weight excluding hydrogens is 384 g/mol. The SMILES string of the molecule is CSCCC(N)C(=O)NC(Cc1ccccc1)C(=O)NCC(=O)NCC(=O)O. The van der Waals surface area contributed by atoms with Gasteiger partial charge in [-0.05, 0) is 24.0 Å². The molecule has 28 heavy (non-hydrogen) atoms. The summed E-state index contributed by atoms with van der Waals surface area (Å²) in [6.07, 6.45) is 2.61. The summed E-state index contributed by atoms with van der Waals surface area (Å²) >= 11 is 1.57. The minimum atomic E-state index is -1.19. The lowest BCUT2D eigenvalue weighted by atomic mass is 10.0. The molecule has 0 fully saturated rings. The summed E-state index contributed by atoms with van der Waals surface area (Å²) in [5, 5.41) is 15.7. The Morgan fingerprint density at radius 1 is 1.07 bits per heavy atom. The Kier molecular flexibility index (Phi) is 10.7. The van der Waals surface area contributed by atoms with Crippen LogP contribution < -0.4 is 21.7 Å². The van der Waals surface area contributed by atoms with Gasteiger partial charge in [-0.2, -0.15) is 11.8 Å². The first kappa shape index (κ1) is 23.4. The van der Waals surface area contributed by atoms with Gasteiger partial charge in [0.25, 0.3) is 0 Å². The van der Waals surface area contributed by atoms with Crippen molar-refractivity contribution in [2.45, 2.75) is 24.9 Å². The Bertz CT molecular complexity index is 671. The lowest BCUT2D eigenvalue weighted by Gasteiger charge is -2.21. The highest BCUT2D eigenvalue weighted by Gasteiger charge is 2.24. The van der Waals surface area contributed by atoms with Gasteiger partial charge in [-0.3, -0.25) is 19.2 Å². The summed E-state index contributed by atoms with van der Waals surface area (Å²) in [6.45, 7) is -0.936. The maximum atomic E-state index is 12.5. The fraction of sp³-hybridized carbons (Fsp3) is 0.444. The minimum Gasteiger partial charge on any atom is -0.480 e. The van der Waals surface area contributed by atoms with Crippen molar-refractivity contribution in [1.29, 1.82) is 0 Å². The molecule has 6 N–H and O–H groups in total. The van der Waals surface area contributed by atoms with Crippen LogP contribution in [0.25, 0.3) is 0 Å². The predicted molar refractivity (Wildman–Crippen MR) is 107 cm³/mol. The highest BCUT2D eigenvalue weighted by Crippen LogP contribution is 2.05. The van der Waals surface area contributed by atoms with Gasteiger partial charge in [0.05, 0.1) is 12.6 Å². The number of rotatable bonds is 12. The van der Waals surface area contributed by atoms with Crippen LogP contribution in [0, 0.1) is 0 Å². The molecule has 1 rings (SSSR count). The maximum Gasteiger partial charge on any atom is 0.322 e. The predicted octanol–water partition coefficient (Wildman–Crippen LogP) is -0.889. The number of nitrogens with one attached hydrogen (secondary N) is 3. The van der Waals surface area contributed by atoms with Gasteiger partial charge in [-0.1, -0.05) is 30.3 Å². The molecule has 0 bridgehead atoms. The van der Waals surface area contributed by atoms with Crippen molar-refractivity contribution in [3.63, 3.8) is 0 Å². The number of carboxylic acid groups (broad SMARTS) is 1. The molecule has 0 spiro atoms. The fourth-order valence-corrected chi connectivity index (χ4v) is 2.73. The summed E-state index contributed by atoms with van der Waals surface area (Å²) < 4.78 is 0. The van der Waals surface area contributed by atoms with E-state index in [-0.39, 0.29) is 6.42 Å². The number of nitrogens with two attached hydrogens (primary N) is 1. The average Bonchev–Trinajstić information content (AvgIpc) is 2.68. The Morgan fingerprint density at radius 3 is 2.36 bits per heavy atom. The maximum absolute atomic E-state index is 12.5. The summed E-state index contributed by atoms with van der Waals surface area (Å²) in [5.41, 5.74) is 6.69. The second-order valence-corrected chi connectivity index (χ2v) is 7.01. The van der Waals surface area contributed by atoms with Gasteiger partial charge in [0.2, 0.25) is 17.7 Å². The monoisotopic (exact) mass is 410 g/mol. The number of benzene rings is 1. The molecular formula is C18H26N4O5S. The van der Waals surface area contributed by atoms with Gasteiger partial charge in [0, 0.05) is 6.42 Å². The average molecular weight is 410 g/mol. The third-order valence-electron chi connectivity index (χ3n) is 3.75. The molecule has 0 saturated carbocycles. The molecule has 0 saturated heterocycles. The summed E-state index contributed by atoms with van der Waals surface area (Å²) in [5.74, 6) is -2.11. The molecule has 0 heterocycles. The van der Waals surface area contributed by atoms with Gasteiger partial charge >= 0.3 is 5.97 Å². The molecule has 0 radical (unpaired) electrons. The van der Waals surface area contributed by atoms with Crippen molar-refractivity contribution in [2.24, 2.45) is 5.73 Å². The molecule has 0 aromatic heterocycles. The zero-order chi connectivity index (χ0) is 20.9. The number of aliphatic carboxylic acids is 1. The summed E-state index contributed by atoms with van der Waals surface area (Å²) in [4.78, 5) is 46.8. The van der Waals surface area contributed by atoms with Crippen molar-refractivity contribution in [1.82, 2.24) is 16.0 Å². The van der Waals surface area contributed by atoms with E-state index in [1.165, 1.54) is 0 Å². The summed E-state index contributed by atoms with van der Waals surface area (Å²) in [7, 11) is 0. The van der Waals surface area contributed by atoms with E-state index in [0.717, 1.165) is 5.56 Å². The van der Waals surface area contributed by atoms with Gasteiger partial charge in [-0.25, -0.2) is 0 Å². The lowest BCUT2D eigenvalue weighted by molar-refractivity contribution is -0.138. The topological polar surface area (TPSA) is 151 Å². The first-order valence-electron chi connectivity index (χ1n) is 8.68. The van der Waals surface area contributed by atoms with Crippen LogP contribution in [0.4, 0.5) is 0 Å². The number of carboxylic acids is 1. The number of thioether (sulfide) groups is 1. The van der Waals surface area contributed by atoms with Gasteiger partial charge in [0.15, 0.2) is 0 Å². The second-order valence-electron chi connectivity index (χ2n) is 6.03. The smallest absolute Gasteiger partial charge is 0.322 e. The van der Waals surface area contributed by atoms with Crippen molar-refractivity contribution in [3.8, 4) is 0 Å². The molecule has 0 aliphatic rings. The molecule has 2 atom stereocenters. The van der Waals surface area contributed by atoms with Crippen LogP contribution in [0.5, 0.6) is 0 Å². The van der Waals surface area contributed by atoms with Gasteiger partial charge in [-0.15, -0.1) is 0 Å². The van der Waals surface area contributed by atoms with Crippen LogP contribution in [-0.2, 0) is 25.6 Å². The number of carbonyl (C=O) groups excluding carboxylic acids is 3. The van der Waals surface area contributed by atoms with Crippen molar-refractivity contribution >= 4 is 35.5 Å². The largest absolute Gasteiger partial charge is 0.480 e. The number of hydrogen-bond donors (Lipinski definition) is 5. The first-order chi connectivity index (χ1) is 13.3. The molecule has 1 aromatic rings. The molecule has 10 heteroatoms. The fourth-order valence-electron chi connectivity index (χ4n) is 2.24. The van der Waals surface area contributed by atoms with Crippen molar-refractivity contribution in [2.75, 3.05) is 25.1 Å². The highest BCUT2D eigenvalue weighted by atomic mass is 32.2. The van der Waals surface area contributed by atoms with Crippen LogP contribution in [0.2, 0.25) is 0 Å². The van der Waals surface area contributed by atoms with E-state index >= 15 is 0 Å². The van der Waals surface area contributed by atoms with E-state index in [4.69, 9.17) is 10.8 Å². The van der Waals surface area contributed by atoms with E-state index in [1.807, 2.05) is 36.6 Å². The third-order valence-corrected chi connectivity index (χ3v) is 4.39. The molecule has 9 nitrogen and oxygen atoms in total. The lowest BCUT2D eigenvalue weighted by Crippen LogP contribution is -2.53. The van der Waals surface area contributed by atoms with E-state index < -0.39 is 48.9 Å². The third kappa shape index (κ3) is 9.38. The first-order valence-corrected chi connectivity index (χ1v) is 10.1. The molecule has 3 amide bonds. The van der Waals surface area contributed by atoms with Crippen LogP contribution >= 0.6 is 11.8 Å². The molecule has 0 aliphatic carbocycles. The molecule has 154 valence electrons. The quantitative estimate of drug-likeness (QED) is 0.300. The molecule has 2 unspecified atom stereocenters. The Labute approximate surface area is 167 Å². The van der Waals surface area contributed by atoms with E-state index in [0.29, 0.717) is 12.2 Å². The van der Waals surface area contributed by atoms with Crippen LogP contribution in [0.3, 0.4) is 0 Å². The molecule has 0 aliphatic heterocycles. The zero-order valence-electron chi connectivity index (χ0n) is 15.6. The van der Waals surface area contributed by atoms with E-state index in [2.05, 4.69) is 16.0 Å². The number of hydrogen-bond acceptors (Lipinski definition) is 6. The minimum absolute atomic E-state index is 0.227. The normalized spacial score (nSPS) is 12.5. The number of amides is 3. The van der Waals surface area contributed by atoms with Gasteiger partial charge in [0.1, 0.15) is 12.6 Å². The van der Waals surface area contributed by atoms with Gasteiger partial charge < -0.3 is 26.8 Å². The van der Waals surface area contributed by atoms with E-state index in [1.54, 1.807) is 11.8 Å². The van der Waals surface area contributed by atoms with Crippen LogP contribution in [-0.4, -0.2) is 66.0 Å². The van der Waals surface area contributed by atoms with Crippen LogP contribution in [0.15, 0.2) is 30.3 Å². The van der Waals surface area contributed by atoms with Crippen molar-refractivity contribution in [3.05, 3.63) is 35.9 Å². The standard InChI is InChI=1S/C18H26N4O5S/c1-28-8-7-13(19)17(26)22-14(9-12-5-3-2-4-6-12)18(27)21-10-15(23)20-11-16(24)25/h2-6,13-14H,7-11,19H2,1H3,(H,20,23)(H,21,27)(H,22,26)(H,24,25). The summed E-state index contributed by atoms with van der Waals surface area (Å²) in [6, 6.07) is 7.45. The van der Waals surface area contributed by atoms with Crippen LogP contribution in [0.1, 0.15) is 12.0 Å². The zero-order valence-corrected chi connectivity index (χ0v) is 16.5.